The van der Waals surface area contributed by atoms with Gasteiger partial charge in [0.15, 0.2) is 0 Å². The third-order valence-electron chi connectivity index (χ3n) is 5.77. The zero-order valence-electron chi connectivity index (χ0n) is 19.1. The van der Waals surface area contributed by atoms with Crippen LogP contribution >= 0.6 is 0 Å². The second kappa shape index (κ2) is 12.5. The summed E-state index contributed by atoms with van der Waals surface area (Å²) in [6, 6.07) is 18.3. The molecule has 178 valence electrons. The molecule has 1 saturated heterocycles. The Morgan fingerprint density at radius 3 is 2.00 bits per heavy atom. The summed E-state index contributed by atoms with van der Waals surface area (Å²) in [7, 11) is 0. The highest BCUT2D eigenvalue weighted by atomic mass is 16.4. The number of benzene rings is 2. The van der Waals surface area contributed by atoms with Gasteiger partial charge in [-0.3, -0.25) is 4.79 Å². The first-order valence-corrected chi connectivity index (χ1v) is 11.5. The molecule has 0 aliphatic carbocycles. The number of piperidine rings is 1. The highest BCUT2D eigenvalue weighted by Crippen LogP contribution is 2.26. The second-order valence-electron chi connectivity index (χ2n) is 8.22. The average molecular weight is 463 g/mol. The Kier molecular flexibility index (Phi) is 9.17. The molecule has 1 fully saturated rings. The average Bonchev–Trinajstić information content (AvgIpc) is 2.86. The third-order valence-corrected chi connectivity index (χ3v) is 5.77. The van der Waals surface area contributed by atoms with E-state index in [0.29, 0.717) is 12.2 Å². The van der Waals surface area contributed by atoms with Crippen LogP contribution in [0.1, 0.15) is 25.7 Å². The van der Waals surface area contributed by atoms with Crippen LogP contribution in [-0.4, -0.2) is 51.3 Å². The fourth-order valence-electron chi connectivity index (χ4n) is 4.15. The van der Waals surface area contributed by atoms with Crippen molar-refractivity contribution in [3.05, 3.63) is 83.3 Å². The monoisotopic (exact) mass is 462 g/mol. The van der Waals surface area contributed by atoms with Crippen LogP contribution in [0.15, 0.2) is 77.7 Å². The first kappa shape index (κ1) is 24.9. The SMILES string of the molecule is O=C(O)C=CC(=O)O.O=c1c2ccccc2c(-c2ccccc2)cn1CCCN1CCCCC1. The number of rotatable bonds is 7. The number of likely N-dealkylation sites (tertiary alicyclic amines) is 1. The van der Waals surface area contributed by atoms with E-state index >= 15 is 0 Å². The van der Waals surface area contributed by atoms with Gasteiger partial charge in [-0.25, -0.2) is 9.59 Å². The zero-order chi connectivity index (χ0) is 24.3. The van der Waals surface area contributed by atoms with E-state index in [1.807, 2.05) is 28.8 Å². The molecule has 1 aromatic heterocycles. The fourth-order valence-corrected chi connectivity index (χ4v) is 4.15. The minimum atomic E-state index is -1.26. The molecule has 3 aromatic rings. The molecule has 0 amide bonds. The lowest BCUT2D eigenvalue weighted by molar-refractivity contribution is -0.134. The van der Waals surface area contributed by atoms with E-state index in [9.17, 15) is 14.4 Å². The van der Waals surface area contributed by atoms with Crippen molar-refractivity contribution in [2.24, 2.45) is 0 Å². The second-order valence-corrected chi connectivity index (χ2v) is 8.22. The van der Waals surface area contributed by atoms with E-state index in [4.69, 9.17) is 10.2 Å². The number of aromatic nitrogens is 1. The maximum Gasteiger partial charge on any atom is 0.328 e. The number of aryl methyl sites for hydroxylation is 1. The predicted molar refractivity (Wildman–Crippen MR) is 133 cm³/mol. The number of nitrogens with zero attached hydrogens (tertiary/aromatic N) is 2. The summed E-state index contributed by atoms with van der Waals surface area (Å²) in [6.07, 6.45) is 8.18. The van der Waals surface area contributed by atoms with E-state index in [2.05, 4.69) is 41.4 Å². The van der Waals surface area contributed by atoms with Crippen molar-refractivity contribution in [3.63, 3.8) is 0 Å². The molecule has 7 nitrogen and oxygen atoms in total. The van der Waals surface area contributed by atoms with Gasteiger partial charge in [-0.2, -0.15) is 0 Å². The molecule has 1 aliphatic heterocycles. The lowest BCUT2D eigenvalue weighted by atomic mass is 10.0. The number of carbonyl (C=O) groups is 2. The smallest absolute Gasteiger partial charge is 0.328 e. The van der Waals surface area contributed by atoms with E-state index in [-0.39, 0.29) is 5.56 Å². The fraction of sp³-hybridized carbons (Fsp3) is 0.296. The number of hydrogen-bond acceptors (Lipinski definition) is 4. The van der Waals surface area contributed by atoms with Crippen molar-refractivity contribution in [1.82, 2.24) is 9.47 Å². The Bertz CT molecular complexity index is 1180. The molecule has 0 saturated carbocycles. The van der Waals surface area contributed by atoms with Crippen LogP contribution in [0.2, 0.25) is 0 Å². The number of hydrogen-bond donors (Lipinski definition) is 2. The summed E-state index contributed by atoms with van der Waals surface area (Å²) in [5.41, 5.74) is 2.42. The van der Waals surface area contributed by atoms with Crippen molar-refractivity contribution in [2.45, 2.75) is 32.2 Å². The maximum atomic E-state index is 12.9. The molecule has 2 heterocycles. The topological polar surface area (TPSA) is 99.8 Å². The Hall–Kier alpha value is -3.71. The van der Waals surface area contributed by atoms with Crippen LogP contribution in [0, 0.1) is 0 Å². The summed E-state index contributed by atoms with van der Waals surface area (Å²) < 4.78 is 1.91. The minimum absolute atomic E-state index is 0.124. The highest BCUT2D eigenvalue weighted by Gasteiger charge is 2.12. The van der Waals surface area contributed by atoms with Crippen LogP contribution in [0.25, 0.3) is 21.9 Å². The van der Waals surface area contributed by atoms with E-state index in [1.165, 1.54) is 32.4 Å². The molecule has 2 N–H and O–H groups in total. The van der Waals surface area contributed by atoms with Gasteiger partial charge in [-0.15, -0.1) is 0 Å². The predicted octanol–water partition coefficient (Wildman–Crippen LogP) is 4.26. The largest absolute Gasteiger partial charge is 0.478 e. The molecule has 34 heavy (non-hydrogen) atoms. The number of aliphatic carboxylic acids is 2. The molecule has 2 aromatic carbocycles. The van der Waals surface area contributed by atoms with E-state index in [1.54, 1.807) is 0 Å². The summed E-state index contributed by atoms with van der Waals surface area (Å²) in [6.45, 7) is 4.28. The first-order chi connectivity index (χ1) is 16.5. The van der Waals surface area contributed by atoms with E-state index in [0.717, 1.165) is 41.4 Å². The maximum absolute atomic E-state index is 12.9. The van der Waals surface area contributed by atoms with Crippen molar-refractivity contribution in [3.8, 4) is 11.1 Å². The molecule has 7 heteroatoms. The molecule has 0 radical (unpaired) electrons. The van der Waals surface area contributed by atoms with Crippen molar-refractivity contribution in [2.75, 3.05) is 19.6 Å². The van der Waals surface area contributed by atoms with Crippen molar-refractivity contribution >= 4 is 22.7 Å². The zero-order valence-corrected chi connectivity index (χ0v) is 19.1. The molecule has 0 atom stereocenters. The lowest BCUT2D eigenvalue weighted by Crippen LogP contribution is -2.31. The van der Waals surface area contributed by atoms with Crippen LogP contribution in [0.3, 0.4) is 0 Å². The van der Waals surface area contributed by atoms with Gasteiger partial charge >= 0.3 is 11.9 Å². The van der Waals surface area contributed by atoms with Gasteiger partial charge in [0.25, 0.3) is 5.56 Å². The van der Waals surface area contributed by atoms with Gasteiger partial charge in [0.05, 0.1) is 0 Å². The highest BCUT2D eigenvalue weighted by molar-refractivity contribution is 5.95. The third kappa shape index (κ3) is 7.15. The Morgan fingerprint density at radius 2 is 1.38 bits per heavy atom. The summed E-state index contributed by atoms with van der Waals surface area (Å²) >= 11 is 0. The summed E-state index contributed by atoms with van der Waals surface area (Å²) in [5, 5.41) is 17.5. The Labute approximate surface area is 198 Å². The molecular formula is C27H30N2O5. The quantitative estimate of drug-likeness (QED) is 0.509. The minimum Gasteiger partial charge on any atom is -0.478 e. The molecule has 1 aliphatic rings. The van der Waals surface area contributed by atoms with Gasteiger partial charge in [-0.05, 0) is 55.9 Å². The number of carboxylic acid groups (broad SMARTS) is 2. The van der Waals surface area contributed by atoms with Gasteiger partial charge in [0, 0.05) is 35.8 Å². The van der Waals surface area contributed by atoms with E-state index < -0.39 is 11.9 Å². The molecule has 4 rings (SSSR count). The standard InChI is InChI=1S/C23H26N2O.C4H4O4/c26-23-21-13-6-5-12-20(21)22(19-10-3-1-4-11-19)18-25(23)17-9-16-24-14-7-2-8-15-24;5-3(6)1-2-4(7)8/h1,3-6,10-13,18H,2,7-9,14-17H2;1-2H,(H,5,6)(H,7,8). The first-order valence-electron chi connectivity index (χ1n) is 11.5. The van der Waals surface area contributed by atoms with Crippen LogP contribution in [-0.2, 0) is 16.1 Å². The van der Waals surface area contributed by atoms with Gasteiger partial charge in [0.1, 0.15) is 0 Å². The van der Waals surface area contributed by atoms with Crippen LogP contribution < -0.4 is 5.56 Å². The van der Waals surface area contributed by atoms with Crippen LogP contribution in [0.5, 0.6) is 0 Å². The van der Waals surface area contributed by atoms with Crippen molar-refractivity contribution < 1.29 is 19.8 Å². The molecular weight excluding hydrogens is 432 g/mol. The number of fused-ring (bicyclic) bond motifs is 1. The lowest BCUT2D eigenvalue weighted by Gasteiger charge is -2.26. The summed E-state index contributed by atoms with van der Waals surface area (Å²) in [5.74, 6) is -2.51. The molecule has 0 bridgehead atoms. The van der Waals surface area contributed by atoms with Gasteiger partial charge < -0.3 is 19.7 Å². The molecule has 0 spiro atoms. The van der Waals surface area contributed by atoms with Crippen molar-refractivity contribution in [1.29, 1.82) is 0 Å². The van der Waals surface area contributed by atoms with Gasteiger partial charge in [0.2, 0.25) is 0 Å². The van der Waals surface area contributed by atoms with Gasteiger partial charge in [-0.1, -0.05) is 55.0 Å². The Morgan fingerprint density at radius 1 is 0.794 bits per heavy atom. The number of carboxylic acids is 2. The Balaban J connectivity index is 0.000000350. The normalized spacial score (nSPS) is 14.0. The molecule has 0 unspecified atom stereocenters. The number of pyridine rings is 1. The van der Waals surface area contributed by atoms with Crippen LogP contribution in [0.4, 0.5) is 0 Å². The summed E-state index contributed by atoms with van der Waals surface area (Å²) in [4.78, 5) is 34.6.